The number of imidazole rings is 1. The molecule has 0 saturated carbocycles. The molecule has 1 heterocycles. The van der Waals surface area contributed by atoms with Crippen molar-refractivity contribution in [2.45, 2.75) is 13.3 Å². The summed E-state index contributed by atoms with van der Waals surface area (Å²) in [5.74, 6) is 0.176. The average Bonchev–Trinajstić information content (AvgIpc) is 2.87. The highest BCUT2D eigenvalue weighted by Gasteiger charge is 2.14. The number of hydrogen-bond acceptors (Lipinski definition) is 3. The zero-order valence-electron chi connectivity index (χ0n) is 12.2. The molecule has 1 amide bonds. The van der Waals surface area contributed by atoms with Crippen LogP contribution in [0.15, 0.2) is 30.6 Å². The Labute approximate surface area is 123 Å². The van der Waals surface area contributed by atoms with Gasteiger partial charge in [-0.2, -0.15) is 0 Å². The number of benzene rings is 1. The van der Waals surface area contributed by atoms with Crippen LogP contribution in [0.4, 0.5) is 10.1 Å². The summed E-state index contributed by atoms with van der Waals surface area (Å²) in [6.45, 7) is 2.86. The monoisotopic (exact) mass is 290 g/mol. The van der Waals surface area contributed by atoms with E-state index in [1.807, 2.05) is 24.7 Å². The van der Waals surface area contributed by atoms with Gasteiger partial charge in [-0.1, -0.05) is 6.07 Å². The Morgan fingerprint density at radius 3 is 2.90 bits per heavy atom. The Hall–Kier alpha value is -2.37. The summed E-state index contributed by atoms with van der Waals surface area (Å²) < 4.78 is 15.6. The first-order valence-electron chi connectivity index (χ1n) is 6.90. The van der Waals surface area contributed by atoms with Gasteiger partial charge in [-0.3, -0.25) is 4.79 Å². The summed E-state index contributed by atoms with van der Waals surface area (Å²) >= 11 is 0. The SMILES string of the molecule is CCNc1c(F)cccc1C(=O)NCCc1nccn1C. The largest absolute Gasteiger partial charge is 0.382 e. The predicted octanol–water partition coefficient (Wildman–Crippen LogP) is 1.96. The lowest BCUT2D eigenvalue weighted by Gasteiger charge is -2.12. The van der Waals surface area contributed by atoms with Gasteiger partial charge in [0.1, 0.15) is 11.6 Å². The molecule has 0 aliphatic heterocycles. The van der Waals surface area contributed by atoms with Crippen LogP contribution in [-0.4, -0.2) is 28.5 Å². The molecule has 2 rings (SSSR count). The number of para-hydroxylation sites is 1. The van der Waals surface area contributed by atoms with Crippen LogP contribution in [0.2, 0.25) is 0 Å². The van der Waals surface area contributed by atoms with Gasteiger partial charge >= 0.3 is 0 Å². The van der Waals surface area contributed by atoms with Gasteiger partial charge in [0.05, 0.1) is 11.3 Å². The van der Waals surface area contributed by atoms with Crippen molar-refractivity contribution in [1.82, 2.24) is 14.9 Å². The van der Waals surface area contributed by atoms with Crippen LogP contribution in [0.3, 0.4) is 0 Å². The highest BCUT2D eigenvalue weighted by atomic mass is 19.1. The van der Waals surface area contributed by atoms with E-state index in [0.29, 0.717) is 25.1 Å². The molecule has 0 aliphatic rings. The second-order valence-corrected chi connectivity index (χ2v) is 4.65. The average molecular weight is 290 g/mol. The number of aromatic nitrogens is 2. The van der Waals surface area contributed by atoms with Crippen LogP contribution >= 0.6 is 0 Å². The molecule has 0 unspecified atom stereocenters. The van der Waals surface area contributed by atoms with Gasteiger partial charge in [0.25, 0.3) is 5.91 Å². The molecule has 1 aromatic heterocycles. The van der Waals surface area contributed by atoms with Crippen molar-refractivity contribution >= 4 is 11.6 Å². The number of rotatable bonds is 6. The number of carbonyl (C=O) groups is 1. The second kappa shape index (κ2) is 6.88. The summed E-state index contributed by atoms with van der Waals surface area (Å²) in [5, 5.41) is 5.68. The van der Waals surface area contributed by atoms with Crippen molar-refractivity contribution in [3.8, 4) is 0 Å². The zero-order chi connectivity index (χ0) is 15.2. The summed E-state index contributed by atoms with van der Waals surface area (Å²) in [6.07, 6.45) is 4.20. The molecule has 1 aromatic carbocycles. The Bertz CT molecular complexity index is 624. The van der Waals surface area contributed by atoms with Crippen LogP contribution in [-0.2, 0) is 13.5 Å². The lowest BCUT2D eigenvalue weighted by atomic mass is 10.1. The fourth-order valence-electron chi connectivity index (χ4n) is 2.09. The second-order valence-electron chi connectivity index (χ2n) is 4.65. The number of anilines is 1. The number of hydrogen-bond donors (Lipinski definition) is 2. The molecule has 0 radical (unpaired) electrons. The van der Waals surface area contributed by atoms with Gasteiger partial charge in [0.15, 0.2) is 0 Å². The van der Waals surface area contributed by atoms with E-state index in [-0.39, 0.29) is 11.6 Å². The standard InChI is InChI=1S/C15H19FN4O/c1-3-17-14-11(5-4-6-12(14)16)15(21)19-8-7-13-18-9-10-20(13)2/h4-6,9-10,17H,3,7-8H2,1-2H3,(H,19,21). The number of nitrogens with one attached hydrogen (secondary N) is 2. The molecule has 0 bridgehead atoms. The first-order chi connectivity index (χ1) is 10.1. The summed E-state index contributed by atoms with van der Waals surface area (Å²) in [4.78, 5) is 16.3. The van der Waals surface area contributed by atoms with Crippen molar-refractivity contribution in [2.24, 2.45) is 7.05 Å². The van der Waals surface area contributed by atoms with E-state index in [9.17, 15) is 9.18 Å². The van der Waals surface area contributed by atoms with Crippen LogP contribution in [0.25, 0.3) is 0 Å². The normalized spacial score (nSPS) is 10.4. The van der Waals surface area contributed by atoms with Crippen molar-refractivity contribution in [3.63, 3.8) is 0 Å². The molecular formula is C15H19FN4O. The van der Waals surface area contributed by atoms with E-state index in [0.717, 1.165) is 5.82 Å². The van der Waals surface area contributed by atoms with Gasteiger partial charge in [-0.25, -0.2) is 9.37 Å². The summed E-state index contributed by atoms with van der Waals surface area (Å²) in [7, 11) is 1.90. The van der Waals surface area contributed by atoms with E-state index in [4.69, 9.17) is 0 Å². The molecule has 2 N–H and O–H groups in total. The van der Waals surface area contributed by atoms with E-state index in [1.54, 1.807) is 12.3 Å². The minimum atomic E-state index is -0.423. The Morgan fingerprint density at radius 2 is 2.24 bits per heavy atom. The number of carbonyl (C=O) groups excluding carboxylic acids is 1. The van der Waals surface area contributed by atoms with Crippen LogP contribution in [0.5, 0.6) is 0 Å². The summed E-state index contributed by atoms with van der Waals surface area (Å²) in [5.41, 5.74) is 0.561. The molecular weight excluding hydrogens is 271 g/mol. The Balaban J connectivity index is 2.00. The van der Waals surface area contributed by atoms with Crippen molar-refractivity contribution in [2.75, 3.05) is 18.4 Å². The third-order valence-corrected chi connectivity index (χ3v) is 3.17. The molecule has 0 atom stereocenters. The number of aryl methyl sites for hydroxylation is 1. The van der Waals surface area contributed by atoms with Gasteiger partial charge in [0, 0.05) is 39.0 Å². The van der Waals surface area contributed by atoms with Crippen LogP contribution < -0.4 is 10.6 Å². The van der Waals surface area contributed by atoms with Crippen molar-refractivity contribution in [3.05, 3.63) is 47.8 Å². The van der Waals surface area contributed by atoms with E-state index < -0.39 is 5.82 Å². The molecule has 2 aromatic rings. The minimum Gasteiger partial charge on any atom is -0.382 e. The molecule has 21 heavy (non-hydrogen) atoms. The topological polar surface area (TPSA) is 59.0 Å². The maximum atomic E-state index is 13.7. The number of amides is 1. The summed E-state index contributed by atoms with van der Waals surface area (Å²) in [6, 6.07) is 4.48. The smallest absolute Gasteiger partial charge is 0.253 e. The fourth-order valence-corrected chi connectivity index (χ4v) is 2.09. The highest BCUT2D eigenvalue weighted by Crippen LogP contribution is 2.19. The molecule has 0 spiro atoms. The molecule has 0 aliphatic carbocycles. The predicted molar refractivity (Wildman–Crippen MR) is 79.8 cm³/mol. The maximum Gasteiger partial charge on any atom is 0.253 e. The van der Waals surface area contributed by atoms with Gasteiger partial charge < -0.3 is 15.2 Å². The third-order valence-electron chi connectivity index (χ3n) is 3.17. The third kappa shape index (κ3) is 3.59. The molecule has 6 heteroatoms. The van der Waals surface area contributed by atoms with Crippen LogP contribution in [0.1, 0.15) is 23.1 Å². The fraction of sp³-hybridized carbons (Fsp3) is 0.333. The van der Waals surface area contributed by atoms with Crippen LogP contribution in [0, 0.1) is 5.82 Å². The van der Waals surface area contributed by atoms with Gasteiger partial charge in [-0.05, 0) is 19.1 Å². The molecule has 0 saturated heterocycles. The van der Waals surface area contributed by atoms with Crippen molar-refractivity contribution in [1.29, 1.82) is 0 Å². The number of nitrogens with zero attached hydrogens (tertiary/aromatic N) is 2. The molecule has 0 fully saturated rings. The highest BCUT2D eigenvalue weighted by molar-refractivity contribution is 5.99. The number of halogens is 1. The van der Waals surface area contributed by atoms with Gasteiger partial charge in [-0.15, -0.1) is 0 Å². The maximum absolute atomic E-state index is 13.7. The minimum absolute atomic E-state index is 0.245. The van der Waals surface area contributed by atoms with Crippen molar-refractivity contribution < 1.29 is 9.18 Å². The van der Waals surface area contributed by atoms with E-state index in [2.05, 4.69) is 15.6 Å². The Morgan fingerprint density at radius 1 is 1.43 bits per heavy atom. The molecule has 5 nitrogen and oxygen atoms in total. The first kappa shape index (κ1) is 15.0. The van der Waals surface area contributed by atoms with E-state index >= 15 is 0 Å². The first-order valence-corrected chi connectivity index (χ1v) is 6.90. The van der Waals surface area contributed by atoms with E-state index in [1.165, 1.54) is 12.1 Å². The lowest BCUT2D eigenvalue weighted by molar-refractivity contribution is 0.0954. The molecule has 112 valence electrons. The quantitative estimate of drug-likeness (QED) is 0.855. The van der Waals surface area contributed by atoms with Gasteiger partial charge in [0.2, 0.25) is 0 Å². The Kier molecular flexibility index (Phi) is 4.92. The lowest BCUT2D eigenvalue weighted by Crippen LogP contribution is -2.27. The zero-order valence-corrected chi connectivity index (χ0v) is 12.2.